The van der Waals surface area contributed by atoms with Crippen LogP contribution in [0.2, 0.25) is 0 Å². The normalized spacial score (nSPS) is 11.7. The molecule has 0 fully saturated rings. The number of carbonyl (C=O) groups is 2. The van der Waals surface area contributed by atoms with E-state index < -0.39 is 11.2 Å². The van der Waals surface area contributed by atoms with E-state index in [0.717, 1.165) is 15.6 Å². The molecule has 0 aliphatic rings. The van der Waals surface area contributed by atoms with Gasteiger partial charge in [-0.1, -0.05) is 71.3 Å². The summed E-state index contributed by atoms with van der Waals surface area (Å²) in [7, 11) is 0. The van der Waals surface area contributed by atoms with Gasteiger partial charge in [0, 0.05) is 15.1 Å². The van der Waals surface area contributed by atoms with Gasteiger partial charge in [-0.3, -0.25) is 14.5 Å². The first-order valence-corrected chi connectivity index (χ1v) is 13.1. The Morgan fingerprint density at radius 3 is 1.40 bits per heavy atom. The molecule has 0 aromatic heterocycles. The summed E-state index contributed by atoms with van der Waals surface area (Å²) >= 11 is 3.39. The first-order valence-electron chi connectivity index (χ1n) is 12.3. The van der Waals surface area contributed by atoms with Crippen molar-refractivity contribution in [2.75, 3.05) is 0 Å². The van der Waals surface area contributed by atoms with Gasteiger partial charge in [-0.25, -0.2) is 0 Å². The molecule has 2 aromatic rings. The minimum Gasteiger partial charge on any atom is -0.460 e. The number of halogens is 1. The first-order chi connectivity index (χ1) is 18.0. The molecule has 0 aliphatic heterocycles. The topological polar surface area (TPSA) is 160 Å². The van der Waals surface area contributed by atoms with Crippen LogP contribution in [0.3, 0.4) is 0 Å². The molecule has 2 aromatic carbocycles. The number of hydrogen-bond acceptors (Lipinski definition) is 5. The molecule has 0 bridgehead atoms. The van der Waals surface area contributed by atoms with E-state index in [9.17, 15) is 9.59 Å². The maximum absolute atomic E-state index is 11.7. The fourth-order valence-electron chi connectivity index (χ4n) is 3.21. The molecule has 0 heterocycles. The van der Waals surface area contributed by atoms with Crippen molar-refractivity contribution in [1.82, 2.24) is 0 Å². The average molecular weight is 626 g/mol. The van der Waals surface area contributed by atoms with Crippen molar-refractivity contribution < 1.29 is 48.6 Å². The molecule has 10 nitrogen and oxygen atoms in total. The van der Waals surface area contributed by atoms with Crippen LogP contribution in [0.15, 0.2) is 58.1 Å². The third kappa shape index (κ3) is 19.5. The summed E-state index contributed by atoms with van der Waals surface area (Å²) in [5, 5.41) is 3.51. The van der Waals surface area contributed by atoms with Gasteiger partial charge in [-0.05, 0) is 82.2 Å². The zero-order valence-corrected chi connectivity index (χ0v) is 28.5. The molecule has 40 heavy (non-hydrogen) atoms. The van der Waals surface area contributed by atoms with Crippen LogP contribution in [0.5, 0.6) is 0 Å². The van der Waals surface area contributed by atoms with Crippen LogP contribution in [0.4, 0.5) is 5.69 Å². The Kier molecular flexibility index (Phi) is 19.4. The number of rotatable bonds is 7. The maximum Gasteiger partial charge on any atom is 1.00 e. The molecule has 0 saturated heterocycles. The molecule has 2 unspecified atom stereocenters. The van der Waals surface area contributed by atoms with Gasteiger partial charge in [-0.15, -0.1) is 0 Å². The van der Waals surface area contributed by atoms with E-state index in [4.69, 9.17) is 26.1 Å². The predicted molar refractivity (Wildman–Crippen MR) is 157 cm³/mol. The van der Waals surface area contributed by atoms with Gasteiger partial charge in [-0.2, -0.15) is 0 Å². The van der Waals surface area contributed by atoms with E-state index >= 15 is 0 Å². The van der Waals surface area contributed by atoms with Gasteiger partial charge in [0.1, 0.15) is 11.2 Å². The van der Waals surface area contributed by atoms with Crippen molar-refractivity contribution >= 4 is 33.6 Å². The number of ether oxygens (including phenoxy) is 2. The van der Waals surface area contributed by atoms with E-state index in [1.54, 1.807) is 12.1 Å². The van der Waals surface area contributed by atoms with Crippen molar-refractivity contribution in [1.29, 1.82) is 0 Å². The number of esters is 2. The molecule has 0 radical (unpaired) electrons. The standard InChI is InChI=1S/C14H19BrO2.C14H19N3O2.N3.Na/c1-10(9-13(16)17-14(2,3)4)11-5-7-12(15)8-6-11;1-10(9-13(18)19-14(2,3)4)11-5-7-12(8-6-11)16-17-15;1-3-2;/h5-8,10H,9H2,1-4H3;5-8,10H,9H2,1-4H3;;/q;;-1;+1. The van der Waals surface area contributed by atoms with Crippen molar-refractivity contribution in [2.24, 2.45) is 5.11 Å². The van der Waals surface area contributed by atoms with E-state index in [-0.39, 0.29) is 53.3 Å². The third-order valence-corrected chi connectivity index (χ3v) is 5.38. The summed E-state index contributed by atoms with van der Waals surface area (Å²) in [5.74, 6) is -0.111. The van der Waals surface area contributed by atoms with Crippen LogP contribution < -0.4 is 29.6 Å². The SMILES string of the molecule is CC(CC(=O)OC(C)(C)C)c1ccc(Br)cc1.CC(CC(=O)OC(C)(C)C)c1ccc(N=[N+]=[N-])cc1.[N-]=[N+]=[N-].[Na+]. The van der Waals surface area contributed by atoms with Crippen LogP contribution in [-0.4, -0.2) is 23.1 Å². The quantitative estimate of drug-likeness (QED) is 0.111. The van der Waals surface area contributed by atoms with E-state index in [2.05, 4.69) is 26.0 Å². The Bertz CT molecular complexity index is 1130. The van der Waals surface area contributed by atoms with Crippen molar-refractivity contribution in [3.05, 3.63) is 90.5 Å². The van der Waals surface area contributed by atoms with Crippen LogP contribution >= 0.6 is 15.9 Å². The number of benzene rings is 2. The van der Waals surface area contributed by atoms with Gasteiger partial charge < -0.3 is 20.5 Å². The largest absolute Gasteiger partial charge is 1.00 e. The van der Waals surface area contributed by atoms with Gasteiger partial charge in [0.15, 0.2) is 0 Å². The van der Waals surface area contributed by atoms with Crippen molar-refractivity contribution in [3.63, 3.8) is 0 Å². The van der Waals surface area contributed by atoms with Crippen molar-refractivity contribution in [2.45, 2.75) is 91.3 Å². The van der Waals surface area contributed by atoms with Crippen LogP contribution in [0, 0.1) is 0 Å². The molecular weight excluding hydrogens is 587 g/mol. The second-order valence-corrected chi connectivity index (χ2v) is 11.7. The zero-order chi connectivity index (χ0) is 30.2. The Morgan fingerprint density at radius 2 is 1.10 bits per heavy atom. The molecule has 12 heteroatoms. The molecule has 0 spiro atoms. The Hall–Kier alpha value is -2.52. The molecule has 2 rings (SSSR count). The summed E-state index contributed by atoms with van der Waals surface area (Å²) < 4.78 is 11.6. The third-order valence-electron chi connectivity index (χ3n) is 4.85. The number of carbonyl (C=O) groups excluding carboxylic acids is 2. The summed E-state index contributed by atoms with van der Waals surface area (Å²) in [6.45, 7) is 15.2. The Balaban J connectivity index is 0. The molecule has 2 atom stereocenters. The molecule has 0 saturated carbocycles. The Labute approximate surface area is 267 Å². The summed E-state index contributed by atoms with van der Waals surface area (Å²) in [6, 6.07) is 15.2. The van der Waals surface area contributed by atoms with E-state index in [1.165, 1.54) is 4.91 Å². The second-order valence-electron chi connectivity index (χ2n) is 10.8. The summed E-state index contributed by atoms with van der Waals surface area (Å²) in [5.41, 5.74) is 23.7. The molecule has 0 aliphatic carbocycles. The monoisotopic (exact) mass is 624 g/mol. The summed E-state index contributed by atoms with van der Waals surface area (Å²) in [4.78, 5) is 27.6. The average Bonchev–Trinajstić information content (AvgIpc) is 2.78. The summed E-state index contributed by atoms with van der Waals surface area (Å²) in [6.07, 6.45) is 0.747. The minimum atomic E-state index is -0.456. The Morgan fingerprint density at radius 1 is 0.775 bits per heavy atom. The van der Waals surface area contributed by atoms with Crippen molar-refractivity contribution in [3.8, 4) is 0 Å². The van der Waals surface area contributed by atoms with Gasteiger partial charge in [0.05, 0.1) is 12.8 Å². The molecular formula is C28H38BrN6NaO4. The number of hydrogen-bond donors (Lipinski definition) is 0. The van der Waals surface area contributed by atoms with Gasteiger partial charge in [0.25, 0.3) is 0 Å². The predicted octanol–water partition coefficient (Wildman–Crippen LogP) is 6.62. The van der Waals surface area contributed by atoms with E-state index in [0.29, 0.717) is 18.5 Å². The minimum absolute atomic E-state index is 0. The second kappa shape index (κ2) is 19.5. The fraction of sp³-hybridized carbons (Fsp3) is 0.500. The molecule has 0 amide bonds. The van der Waals surface area contributed by atoms with Crippen LogP contribution in [0.25, 0.3) is 26.4 Å². The zero-order valence-electron chi connectivity index (χ0n) is 24.9. The smallest absolute Gasteiger partial charge is 0.460 e. The maximum atomic E-state index is 11.7. The number of nitrogens with zero attached hydrogens (tertiary/aromatic N) is 6. The molecule has 212 valence electrons. The molecule has 0 N–H and O–H groups in total. The van der Waals surface area contributed by atoms with Gasteiger partial charge in [0.2, 0.25) is 0 Å². The van der Waals surface area contributed by atoms with Crippen LogP contribution in [0.1, 0.15) is 91.2 Å². The van der Waals surface area contributed by atoms with Crippen LogP contribution in [-0.2, 0) is 19.1 Å². The first kappa shape index (κ1) is 39.6. The van der Waals surface area contributed by atoms with Gasteiger partial charge >= 0.3 is 41.5 Å². The fourth-order valence-corrected chi connectivity index (χ4v) is 3.48. The van der Waals surface area contributed by atoms with E-state index in [1.807, 2.05) is 91.8 Å². The number of azide groups is 1.